The fourth-order valence-corrected chi connectivity index (χ4v) is 2.97. The molecule has 1 aromatic rings. The van der Waals surface area contributed by atoms with Crippen molar-refractivity contribution in [1.82, 2.24) is 4.90 Å². The third-order valence-corrected chi connectivity index (χ3v) is 4.30. The van der Waals surface area contributed by atoms with E-state index in [1.165, 1.54) is 19.3 Å². The first-order valence-corrected chi connectivity index (χ1v) is 8.90. The zero-order valence-corrected chi connectivity index (χ0v) is 16.0. The summed E-state index contributed by atoms with van der Waals surface area (Å²) in [6.07, 6.45) is 3.28. The monoisotopic (exact) mass is 349 g/mol. The molecule has 1 aliphatic rings. The second-order valence-corrected chi connectivity index (χ2v) is 7.55. The largest absolute Gasteiger partial charge is 0.495 e. The van der Waals surface area contributed by atoms with Crippen LogP contribution in [-0.4, -0.2) is 49.9 Å². The number of ether oxygens (including phenoxy) is 2. The van der Waals surface area contributed by atoms with Gasteiger partial charge in [-0.3, -0.25) is 5.32 Å². The van der Waals surface area contributed by atoms with Crippen molar-refractivity contribution >= 4 is 17.5 Å². The maximum Gasteiger partial charge on any atom is 0.412 e. The summed E-state index contributed by atoms with van der Waals surface area (Å²) < 4.78 is 10.7. The smallest absolute Gasteiger partial charge is 0.412 e. The van der Waals surface area contributed by atoms with Gasteiger partial charge in [0.1, 0.15) is 11.4 Å². The number of amides is 1. The summed E-state index contributed by atoms with van der Waals surface area (Å²) in [7, 11) is 3.76. The predicted molar refractivity (Wildman–Crippen MR) is 102 cm³/mol. The summed E-state index contributed by atoms with van der Waals surface area (Å²) in [5.41, 5.74) is 1.00. The minimum absolute atomic E-state index is 0.491. The Morgan fingerprint density at radius 1 is 1.32 bits per heavy atom. The Bertz CT molecular complexity index is 584. The molecule has 0 bridgehead atoms. The Balaban J connectivity index is 2.01. The Morgan fingerprint density at radius 3 is 2.72 bits per heavy atom. The number of anilines is 2. The molecule has 140 valence electrons. The van der Waals surface area contributed by atoms with E-state index in [2.05, 4.69) is 22.6 Å². The number of rotatable bonds is 5. The second-order valence-electron chi connectivity index (χ2n) is 7.55. The third-order valence-electron chi connectivity index (χ3n) is 4.30. The Morgan fingerprint density at radius 2 is 2.08 bits per heavy atom. The van der Waals surface area contributed by atoms with Crippen molar-refractivity contribution in [3.8, 4) is 5.75 Å². The lowest BCUT2D eigenvalue weighted by molar-refractivity contribution is 0.0635. The first-order chi connectivity index (χ1) is 11.8. The van der Waals surface area contributed by atoms with E-state index in [0.717, 1.165) is 18.8 Å². The van der Waals surface area contributed by atoms with Gasteiger partial charge in [0.05, 0.1) is 12.8 Å². The van der Waals surface area contributed by atoms with Crippen LogP contribution in [0.5, 0.6) is 5.75 Å². The number of hydrogen-bond acceptors (Lipinski definition) is 5. The van der Waals surface area contributed by atoms with Crippen LogP contribution in [0.4, 0.5) is 16.2 Å². The van der Waals surface area contributed by atoms with Gasteiger partial charge in [-0.05, 0) is 65.4 Å². The van der Waals surface area contributed by atoms with Gasteiger partial charge in [-0.1, -0.05) is 6.42 Å². The van der Waals surface area contributed by atoms with E-state index in [1.54, 1.807) is 7.11 Å². The van der Waals surface area contributed by atoms with Crippen LogP contribution in [0.2, 0.25) is 0 Å². The van der Waals surface area contributed by atoms with Crippen molar-refractivity contribution in [3.63, 3.8) is 0 Å². The molecule has 0 saturated carbocycles. The van der Waals surface area contributed by atoms with Crippen molar-refractivity contribution in [2.75, 3.05) is 37.9 Å². The molecule has 1 amide bonds. The number of nitrogens with one attached hydrogen (secondary N) is 2. The molecule has 1 aliphatic heterocycles. The van der Waals surface area contributed by atoms with Gasteiger partial charge in [-0.25, -0.2) is 4.79 Å². The zero-order chi connectivity index (χ0) is 18.4. The van der Waals surface area contributed by atoms with Crippen molar-refractivity contribution < 1.29 is 14.3 Å². The topological polar surface area (TPSA) is 62.8 Å². The van der Waals surface area contributed by atoms with E-state index >= 15 is 0 Å². The molecule has 1 atom stereocenters. The molecule has 0 spiro atoms. The number of piperidine rings is 1. The van der Waals surface area contributed by atoms with Crippen LogP contribution >= 0.6 is 0 Å². The normalized spacial score (nSPS) is 18.5. The van der Waals surface area contributed by atoms with Gasteiger partial charge in [0, 0.05) is 18.3 Å². The summed E-state index contributed by atoms with van der Waals surface area (Å²) >= 11 is 0. The molecule has 1 saturated heterocycles. The summed E-state index contributed by atoms with van der Waals surface area (Å²) in [5, 5.41) is 6.24. The van der Waals surface area contributed by atoms with Crippen LogP contribution in [0.25, 0.3) is 0 Å². The van der Waals surface area contributed by atoms with Gasteiger partial charge in [0.2, 0.25) is 0 Å². The van der Waals surface area contributed by atoms with Gasteiger partial charge in [0.15, 0.2) is 0 Å². The standard InChI is InChI=1S/C19H31N3O3/c1-19(2,3)25-18(23)21-16-12-14(9-10-17(16)24-5)20-13-15-8-6-7-11-22(15)4/h9-10,12,15,20H,6-8,11,13H2,1-5H3,(H,21,23). The van der Waals surface area contributed by atoms with Crippen molar-refractivity contribution in [2.24, 2.45) is 0 Å². The maximum atomic E-state index is 12.0. The molecule has 2 rings (SSSR count). The lowest BCUT2D eigenvalue weighted by atomic mass is 10.0. The Hall–Kier alpha value is -1.95. The fourth-order valence-electron chi connectivity index (χ4n) is 2.97. The minimum atomic E-state index is -0.543. The number of benzene rings is 1. The molecule has 1 heterocycles. The molecular formula is C19H31N3O3. The number of likely N-dealkylation sites (N-methyl/N-ethyl adjacent to an activating group) is 1. The highest BCUT2D eigenvalue weighted by Gasteiger charge is 2.20. The second kappa shape index (κ2) is 8.43. The average molecular weight is 349 g/mol. The minimum Gasteiger partial charge on any atom is -0.495 e. The number of nitrogens with zero attached hydrogens (tertiary/aromatic N) is 1. The van der Waals surface area contributed by atoms with Crippen LogP contribution in [-0.2, 0) is 4.74 Å². The summed E-state index contributed by atoms with van der Waals surface area (Å²) in [5.74, 6) is 0.603. The highest BCUT2D eigenvalue weighted by Crippen LogP contribution is 2.28. The van der Waals surface area contributed by atoms with Crippen LogP contribution in [0.3, 0.4) is 0 Å². The number of carbonyl (C=O) groups excluding carboxylic acids is 1. The number of likely N-dealkylation sites (tertiary alicyclic amines) is 1. The molecule has 25 heavy (non-hydrogen) atoms. The van der Waals surface area contributed by atoms with Crippen LogP contribution in [0.15, 0.2) is 18.2 Å². The number of hydrogen-bond donors (Lipinski definition) is 2. The molecule has 2 N–H and O–H groups in total. The summed E-state index contributed by atoms with van der Waals surface area (Å²) in [6, 6.07) is 6.23. The molecule has 0 radical (unpaired) electrons. The van der Waals surface area contributed by atoms with E-state index in [0.29, 0.717) is 17.5 Å². The molecule has 6 nitrogen and oxygen atoms in total. The molecule has 0 aliphatic carbocycles. The predicted octanol–water partition coefficient (Wildman–Crippen LogP) is 3.94. The fraction of sp³-hybridized carbons (Fsp3) is 0.632. The van der Waals surface area contributed by atoms with Crippen molar-refractivity contribution in [3.05, 3.63) is 18.2 Å². The molecule has 1 unspecified atom stereocenters. The molecular weight excluding hydrogens is 318 g/mol. The van der Waals surface area contributed by atoms with E-state index < -0.39 is 11.7 Å². The quantitative estimate of drug-likeness (QED) is 0.843. The highest BCUT2D eigenvalue weighted by molar-refractivity contribution is 5.88. The molecule has 1 fully saturated rings. The van der Waals surface area contributed by atoms with Gasteiger partial charge in [-0.15, -0.1) is 0 Å². The lowest BCUT2D eigenvalue weighted by Crippen LogP contribution is -2.40. The van der Waals surface area contributed by atoms with Gasteiger partial charge >= 0.3 is 6.09 Å². The SMILES string of the molecule is COc1ccc(NCC2CCCCN2C)cc1NC(=O)OC(C)(C)C. The van der Waals surface area contributed by atoms with E-state index in [-0.39, 0.29) is 0 Å². The van der Waals surface area contributed by atoms with Gasteiger partial charge < -0.3 is 19.7 Å². The average Bonchev–Trinajstić information content (AvgIpc) is 2.52. The van der Waals surface area contributed by atoms with Crippen LogP contribution < -0.4 is 15.4 Å². The number of methoxy groups -OCH3 is 1. The van der Waals surface area contributed by atoms with Crippen LogP contribution in [0.1, 0.15) is 40.0 Å². The first-order valence-electron chi connectivity index (χ1n) is 8.90. The number of carbonyl (C=O) groups is 1. The van der Waals surface area contributed by atoms with Crippen molar-refractivity contribution in [1.29, 1.82) is 0 Å². The Kier molecular flexibility index (Phi) is 6.53. The van der Waals surface area contributed by atoms with Crippen molar-refractivity contribution in [2.45, 2.75) is 51.7 Å². The van der Waals surface area contributed by atoms with Gasteiger partial charge in [0.25, 0.3) is 0 Å². The molecule has 0 aromatic heterocycles. The summed E-state index contributed by atoms with van der Waals surface area (Å²) in [4.78, 5) is 14.4. The third kappa shape index (κ3) is 6.12. The molecule has 6 heteroatoms. The summed E-state index contributed by atoms with van der Waals surface area (Å²) in [6.45, 7) is 7.54. The Labute approximate surface area is 150 Å². The van der Waals surface area contributed by atoms with E-state index in [4.69, 9.17) is 9.47 Å². The molecule has 1 aromatic carbocycles. The van der Waals surface area contributed by atoms with Crippen LogP contribution in [0, 0.1) is 0 Å². The highest BCUT2D eigenvalue weighted by atomic mass is 16.6. The zero-order valence-electron chi connectivity index (χ0n) is 16.0. The first kappa shape index (κ1) is 19.4. The maximum absolute atomic E-state index is 12.0. The van der Waals surface area contributed by atoms with E-state index in [9.17, 15) is 4.79 Å². The van der Waals surface area contributed by atoms with E-state index in [1.807, 2.05) is 39.0 Å². The van der Waals surface area contributed by atoms with Gasteiger partial charge in [-0.2, -0.15) is 0 Å². The lowest BCUT2D eigenvalue weighted by Gasteiger charge is -2.32.